The van der Waals surface area contributed by atoms with Crippen LogP contribution >= 0.6 is 0 Å². The molecule has 0 aliphatic heterocycles. The summed E-state index contributed by atoms with van der Waals surface area (Å²) in [5.41, 5.74) is 0.223. The van der Waals surface area contributed by atoms with Gasteiger partial charge >= 0.3 is 5.97 Å². The van der Waals surface area contributed by atoms with Gasteiger partial charge in [-0.15, -0.1) is 0 Å². The van der Waals surface area contributed by atoms with Gasteiger partial charge in [-0.05, 0) is 24.1 Å². The van der Waals surface area contributed by atoms with E-state index in [0.29, 0.717) is 12.0 Å². The van der Waals surface area contributed by atoms with Crippen LogP contribution in [0.2, 0.25) is 0 Å². The summed E-state index contributed by atoms with van der Waals surface area (Å²) in [6, 6.07) is 3.90. The van der Waals surface area contributed by atoms with Crippen LogP contribution < -0.4 is 0 Å². The Labute approximate surface area is 80.4 Å². The number of hydrogen-bond acceptors (Lipinski definition) is 2. The number of nitrogens with zero attached hydrogens (tertiary/aromatic N) is 1. The number of halogens is 1. The fourth-order valence-electron chi connectivity index (χ4n) is 1.19. The highest BCUT2D eigenvalue weighted by atomic mass is 19.1. The molecule has 0 fully saturated rings. The van der Waals surface area contributed by atoms with Crippen LogP contribution in [0.3, 0.4) is 0 Å². The first-order chi connectivity index (χ1) is 6.60. The smallest absolute Gasteiger partial charge is 0.335 e. The zero-order valence-electron chi connectivity index (χ0n) is 7.54. The summed E-state index contributed by atoms with van der Waals surface area (Å²) in [6.45, 7) is 1.74. The fraction of sp³-hybridized carbons (Fsp3) is 0.200. The van der Waals surface area contributed by atoms with Gasteiger partial charge in [-0.25, -0.2) is 9.18 Å². The molecule has 72 valence electrons. The lowest BCUT2D eigenvalue weighted by Gasteiger charge is -2.03. The highest BCUT2D eigenvalue weighted by molar-refractivity contribution is 5.88. The SMILES string of the molecule is CCc1cc(C(=O)O)cc(F)c1C#N. The molecule has 0 heterocycles. The number of carboxylic acids is 1. The standard InChI is InChI=1S/C10H8FNO2/c1-2-6-3-7(10(13)14)4-9(11)8(6)5-12/h3-4H,2H2,1H3,(H,13,14). The van der Waals surface area contributed by atoms with Crippen LogP contribution in [-0.4, -0.2) is 11.1 Å². The van der Waals surface area contributed by atoms with E-state index < -0.39 is 11.8 Å². The van der Waals surface area contributed by atoms with E-state index in [0.717, 1.165) is 6.07 Å². The van der Waals surface area contributed by atoms with Gasteiger partial charge in [-0.3, -0.25) is 0 Å². The molecule has 0 radical (unpaired) electrons. The molecule has 4 heteroatoms. The Bertz CT molecular complexity index is 421. The molecule has 0 aliphatic rings. The van der Waals surface area contributed by atoms with Crippen LogP contribution in [-0.2, 0) is 6.42 Å². The van der Waals surface area contributed by atoms with Crippen molar-refractivity contribution in [3.63, 3.8) is 0 Å². The maximum absolute atomic E-state index is 13.2. The van der Waals surface area contributed by atoms with E-state index in [1.807, 2.05) is 0 Å². The molecule has 1 N–H and O–H groups in total. The predicted molar refractivity (Wildman–Crippen MR) is 47.5 cm³/mol. The first-order valence-corrected chi connectivity index (χ1v) is 4.06. The van der Waals surface area contributed by atoms with Crippen molar-refractivity contribution in [3.05, 3.63) is 34.6 Å². The van der Waals surface area contributed by atoms with Gasteiger partial charge in [0.25, 0.3) is 0 Å². The van der Waals surface area contributed by atoms with E-state index in [1.54, 1.807) is 13.0 Å². The maximum Gasteiger partial charge on any atom is 0.335 e. The summed E-state index contributed by atoms with van der Waals surface area (Å²) in [6.07, 6.45) is 0.431. The number of aryl methyl sites for hydroxylation is 1. The number of nitriles is 1. The summed E-state index contributed by atoms with van der Waals surface area (Å²) < 4.78 is 13.2. The second kappa shape index (κ2) is 3.88. The van der Waals surface area contributed by atoms with Gasteiger partial charge in [0.1, 0.15) is 11.9 Å². The zero-order chi connectivity index (χ0) is 10.7. The summed E-state index contributed by atoms with van der Waals surface area (Å²) >= 11 is 0. The third kappa shape index (κ3) is 1.72. The molecule has 0 saturated heterocycles. The van der Waals surface area contributed by atoms with Crippen LogP contribution in [0.1, 0.15) is 28.4 Å². The highest BCUT2D eigenvalue weighted by Gasteiger charge is 2.12. The van der Waals surface area contributed by atoms with Gasteiger partial charge in [0, 0.05) is 0 Å². The molecule has 0 aromatic heterocycles. The van der Waals surface area contributed by atoms with Crippen LogP contribution in [0.15, 0.2) is 12.1 Å². The Morgan fingerprint density at radius 3 is 2.71 bits per heavy atom. The van der Waals surface area contributed by atoms with Gasteiger partial charge in [0.05, 0.1) is 11.1 Å². The summed E-state index contributed by atoms with van der Waals surface area (Å²) in [5, 5.41) is 17.3. The third-order valence-corrected chi connectivity index (χ3v) is 1.91. The number of aromatic carboxylic acids is 1. The van der Waals surface area contributed by atoms with E-state index in [1.165, 1.54) is 6.07 Å². The molecule has 0 aliphatic carbocycles. The number of hydrogen-bond donors (Lipinski definition) is 1. The van der Waals surface area contributed by atoms with Crippen molar-refractivity contribution < 1.29 is 14.3 Å². The first kappa shape index (κ1) is 10.2. The van der Waals surface area contributed by atoms with E-state index >= 15 is 0 Å². The van der Waals surface area contributed by atoms with Crippen molar-refractivity contribution >= 4 is 5.97 Å². The number of carbonyl (C=O) groups is 1. The topological polar surface area (TPSA) is 61.1 Å². The second-order valence-electron chi connectivity index (χ2n) is 2.76. The average Bonchev–Trinajstić information content (AvgIpc) is 2.16. The molecule has 1 rings (SSSR count). The number of benzene rings is 1. The van der Waals surface area contributed by atoms with Crippen LogP contribution in [0, 0.1) is 17.1 Å². The lowest BCUT2D eigenvalue weighted by molar-refractivity contribution is 0.0696. The van der Waals surface area contributed by atoms with Gasteiger partial charge in [-0.2, -0.15) is 5.26 Å². The quantitative estimate of drug-likeness (QED) is 0.780. The Hall–Kier alpha value is -1.89. The second-order valence-corrected chi connectivity index (χ2v) is 2.76. The van der Waals surface area contributed by atoms with Crippen LogP contribution in [0.4, 0.5) is 4.39 Å². The zero-order valence-corrected chi connectivity index (χ0v) is 7.54. The number of carboxylic acid groups (broad SMARTS) is 1. The third-order valence-electron chi connectivity index (χ3n) is 1.91. The Balaban J connectivity index is 3.40. The lowest BCUT2D eigenvalue weighted by atomic mass is 10.0. The van der Waals surface area contributed by atoms with Gasteiger partial charge in [-0.1, -0.05) is 6.92 Å². The van der Waals surface area contributed by atoms with Crippen molar-refractivity contribution in [2.45, 2.75) is 13.3 Å². The molecule has 0 unspecified atom stereocenters. The maximum atomic E-state index is 13.2. The van der Waals surface area contributed by atoms with Gasteiger partial charge < -0.3 is 5.11 Å². The molecule has 0 atom stereocenters. The Kier molecular flexibility index (Phi) is 2.82. The molecule has 0 saturated carbocycles. The van der Waals surface area contributed by atoms with E-state index in [2.05, 4.69) is 0 Å². The minimum Gasteiger partial charge on any atom is -0.478 e. The summed E-state index contributed by atoms with van der Waals surface area (Å²) in [5.74, 6) is -1.97. The van der Waals surface area contributed by atoms with Crippen molar-refractivity contribution in [2.24, 2.45) is 0 Å². The minimum atomic E-state index is -1.19. The van der Waals surface area contributed by atoms with E-state index in [4.69, 9.17) is 10.4 Å². The fourth-order valence-corrected chi connectivity index (χ4v) is 1.19. The lowest BCUT2D eigenvalue weighted by Crippen LogP contribution is -2.02. The van der Waals surface area contributed by atoms with Crippen molar-refractivity contribution in [3.8, 4) is 6.07 Å². The molecular weight excluding hydrogens is 185 g/mol. The molecule has 1 aromatic rings. The molecule has 3 nitrogen and oxygen atoms in total. The Morgan fingerprint density at radius 2 is 2.29 bits per heavy atom. The average molecular weight is 193 g/mol. The predicted octanol–water partition coefficient (Wildman–Crippen LogP) is 1.96. The highest BCUT2D eigenvalue weighted by Crippen LogP contribution is 2.16. The van der Waals surface area contributed by atoms with E-state index in [9.17, 15) is 9.18 Å². The molecule has 1 aromatic carbocycles. The van der Waals surface area contributed by atoms with Crippen molar-refractivity contribution in [2.75, 3.05) is 0 Å². The molecule has 0 bridgehead atoms. The summed E-state index contributed by atoms with van der Waals surface area (Å²) in [7, 11) is 0. The molecule has 0 spiro atoms. The van der Waals surface area contributed by atoms with Crippen molar-refractivity contribution in [1.29, 1.82) is 5.26 Å². The molecule has 14 heavy (non-hydrogen) atoms. The van der Waals surface area contributed by atoms with Crippen molar-refractivity contribution in [1.82, 2.24) is 0 Å². The van der Waals surface area contributed by atoms with Gasteiger partial charge in [0.2, 0.25) is 0 Å². The Morgan fingerprint density at radius 1 is 1.64 bits per heavy atom. The molecular formula is C10H8FNO2. The van der Waals surface area contributed by atoms with E-state index in [-0.39, 0.29) is 11.1 Å². The monoisotopic (exact) mass is 193 g/mol. The minimum absolute atomic E-state index is 0.0718. The normalized spacial score (nSPS) is 9.50. The first-order valence-electron chi connectivity index (χ1n) is 4.06. The van der Waals surface area contributed by atoms with Gasteiger partial charge in [0.15, 0.2) is 0 Å². The summed E-state index contributed by atoms with van der Waals surface area (Å²) in [4.78, 5) is 10.6. The number of rotatable bonds is 2. The largest absolute Gasteiger partial charge is 0.478 e. The molecule has 0 amide bonds. The van der Waals surface area contributed by atoms with Crippen LogP contribution in [0.5, 0.6) is 0 Å². The van der Waals surface area contributed by atoms with Crippen LogP contribution in [0.25, 0.3) is 0 Å².